The number of carboxylic acid groups (broad SMARTS) is 1. The number of hydrogen-bond donors (Lipinski definition) is 3. The van der Waals surface area contributed by atoms with Gasteiger partial charge in [-0.2, -0.15) is 0 Å². The predicted molar refractivity (Wildman–Crippen MR) is 81.8 cm³/mol. The smallest absolute Gasteiger partial charge is 0.335 e. The minimum absolute atomic E-state index is 0.0952. The summed E-state index contributed by atoms with van der Waals surface area (Å²) < 4.78 is 0. The second-order valence-electron chi connectivity index (χ2n) is 5.69. The number of benzene rings is 1. The molecule has 1 saturated heterocycles. The van der Waals surface area contributed by atoms with Gasteiger partial charge in [-0.15, -0.1) is 0 Å². The predicted octanol–water partition coefficient (Wildman–Crippen LogP) is 2.61. The number of amides is 1. The fraction of sp³-hybridized carbons (Fsp3) is 0.467. The first-order chi connectivity index (χ1) is 9.86. The number of carboxylic acids is 1. The van der Waals surface area contributed by atoms with Crippen molar-refractivity contribution in [2.45, 2.75) is 20.3 Å². The van der Waals surface area contributed by atoms with Crippen LogP contribution in [-0.2, 0) is 4.79 Å². The summed E-state index contributed by atoms with van der Waals surface area (Å²) in [5.74, 6) is -0.996. The monoisotopic (exact) mass is 310 g/mol. The van der Waals surface area contributed by atoms with Crippen molar-refractivity contribution in [3.8, 4) is 0 Å². The van der Waals surface area contributed by atoms with Crippen LogP contribution in [0.3, 0.4) is 0 Å². The molecule has 1 heterocycles. The Bertz CT molecular complexity index is 566. The topological polar surface area (TPSA) is 78.4 Å². The summed E-state index contributed by atoms with van der Waals surface area (Å²) >= 11 is 6.05. The van der Waals surface area contributed by atoms with Crippen LogP contribution in [-0.4, -0.2) is 30.1 Å². The fourth-order valence-electron chi connectivity index (χ4n) is 2.66. The van der Waals surface area contributed by atoms with Gasteiger partial charge in [-0.3, -0.25) is 4.79 Å². The Morgan fingerprint density at radius 3 is 2.67 bits per heavy atom. The number of anilines is 1. The highest BCUT2D eigenvalue weighted by molar-refractivity contribution is 6.34. The van der Waals surface area contributed by atoms with E-state index in [-0.39, 0.29) is 17.4 Å². The van der Waals surface area contributed by atoms with Gasteiger partial charge in [-0.25, -0.2) is 4.79 Å². The molecule has 0 radical (unpaired) electrons. The number of halogens is 1. The average molecular weight is 311 g/mol. The first-order valence-electron chi connectivity index (χ1n) is 6.92. The van der Waals surface area contributed by atoms with E-state index in [1.165, 1.54) is 18.2 Å². The van der Waals surface area contributed by atoms with Gasteiger partial charge in [0.05, 0.1) is 21.7 Å². The van der Waals surface area contributed by atoms with E-state index in [0.29, 0.717) is 17.3 Å². The third-order valence-electron chi connectivity index (χ3n) is 4.21. The molecule has 3 N–H and O–H groups in total. The molecule has 1 fully saturated rings. The van der Waals surface area contributed by atoms with Crippen molar-refractivity contribution in [2.75, 3.05) is 18.4 Å². The van der Waals surface area contributed by atoms with Gasteiger partial charge in [-0.1, -0.05) is 25.4 Å². The van der Waals surface area contributed by atoms with E-state index in [4.69, 9.17) is 16.7 Å². The molecule has 114 valence electrons. The second-order valence-corrected chi connectivity index (χ2v) is 6.10. The van der Waals surface area contributed by atoms with Crippen molar-refractivity contribution in [1.29, 1.82) is 0 Å². The van der Waals surface area contributed by atoms with Crippen molar-refractivity contribution in [1.82, 2.24) is 5.32 Å². The van der Waals surface area contributed by atoms with E-state index in [1.807, 2.05) is 13.8 Å². The molecule has 1 aliphatic rings. The van der Waals surface area contributed by atoms with Crippen molar-refractivity contribution in [2.24, 2.45) is 11.3 Å². The summed E-state index contributed by atoms with van der Waals surface area (Å²) in [7, 11) is 0. The SMILES string of the molecule is CC(C)C1(C(=O)Nc2cc(C(=O)O)ccc2Cl)CCNC1. The molecule has 2 rings (SSSR count). The van der Waals surface area contributed by atoms with Gasteiger partial charge in [0.25, 0.3) is 0 Å². The highest BCUT2D eigenvalue weighted by Gasteiger charge is 2.44. The number of nitrogens with one attached hydrogen (secondary N) is 2. The molecule has 1 atom stereocenters. The van der Waals surface area contributed by atoms with E-state index < -0.39 is 11.4 Å². The zero-order valence-electron chi connectivity index (χ0n) is 12.1. The van der Waals surface area contributed by atoms with E-state index in [0.717, 1.165) is 13.0 Å². The number of hydrogen-bond acceptors (Lipinski definition) is 3. The maximum atomic E-state index is 12.7. The Kier molecular flexibility index (Phi) is 4.54. The number of carbonyl (C=O) groups excluding carboxylic acids is 1. The highest BCUT2D eigenvalue weighted by atomic mass is 35.5. The standard InChI is InChI=1S/C15H19ClN2O3/c1-9(2)15(5-6-17-8-15)14(21)18-12-7-10(13(19)20)3-4-11(12)16/h3-4,7,9,17H,5-6,8H2,1-2H3,(H,18,21)(H,19,20). The van der Waals surface area contributed by atoms with Gasteiger partial charge in [0, 0.05) is 6.54 Å². The lowest BCUT2D eigenvalue weighted by Gasteiger charge is -2.31. The van der Waals surface area contributed by atoms with Crippen molar-refractivity contribution in [3.63, 3.8) is 0 Å². The molecule has 1 aromatic carbocycles. The van der Waals surface area contributed by atoms with Crippen molar-refractivity contribution in [3.05, 3.63) is 28.8 Å². The number of aromatic carboxylic acids is 1. The van der Waals surface area contributed by atoms with Crippen LogP contribution in [0.4, 0.5) is 5.69 Å². The summed E-state index contributed by atoms with van der Waals surface area (Å²) in [5, 5.41) is 15.4. The lowest BCUT2D eigenvalue weighted by atomic mass is 9.75. The molecule has 1 aliphatic heterocycles. The third kappa shape index (κ3) is 3.04. The van der Waals surface area contributed by atoms with E-state index >= 15 is 0 Å². The zero-order chi connectivity index (χ0) is 15.6. The van der Waals surface area contributed by atoms with Gasteiger partial charge < -0.3 is 15.7 Å². The van der Waals surface area contributed by atoms with Crippen LogP contribution in [0.1, 0.15) is 30.6 Å². The zero-order valence-corrected chi connectivity index (χ0v) is 12.8. The van der Waals surface area contributed by atoms with Crippen molar-refractivity contribution < 1.29 is 14.7 Å². The minimum atomic E-state index is -1.05. The van der Waals surface area contributed by atoms with Crippen LogP contribution in [0.5, 0.6) is 0 Å². The first kappa shape index (κ1) is 15.8. The molecule has 1 aromatic rings. The Morgan fingerprint density at radius 2 is 2.14 bits per heavy atom. The molecule has 0 aromatic heterocycles. The van der Waals surface area contributed by atoms with Crippen LogP contribution < -0.4 is 10.6 Å². The molecule has 0 bridgehead atoms. The number of carbonyl (C=O) groups is 2. The van der Waals surface area contributed by atoms with Crippen LogP contribution in [0.15, 0.2) is 18.2 Å². The molecule has 0 spiro atoms. The van der Waals surface area contributed by atoms with E-state index in [2.05, 4.69) is 10.6 Å². The summed E-state index contributed by atoms with van der Waals surface area (Å²) in [6.45, 7) is 5.45. The maximum absolute atomic E-state index is 12.7. The van der Waals surface area contributed by atoms with Crippen LogP contribution in [0.25, 0.3) is 0 Å². The van der Waals surface area contributed by atoms with Gasteiger partial charge in [0.2, 0.25) is 5.91 Å². The molecular formula is C15H19ClN2O3. The quantitative estimate of drug-likeness (QED) is 0.799. The fourth-order valence-corrected chi connectivity index (χ4v) is 2.83. The summed E-state index contributed by atoms with van der Waals surface area (Å²) in [6.07, 6.45) is 0.757. The van der Waals surface area contributed by atoms with Gasteiger partial charge in [-0.05, 0) is 37.1 Å². The molecular weight excluding hydrogens is 292 g/mol. The summed E-state index contributed by atoms with van der Waals surface area (Å²) in [6, 6.07) is 4.28. The highest BCUT2D eigenvalue weighted by Crippen LogP contribution is 2.36. The number of rotatable bonds is 4. The molecule has 1 unspecified atom stereocenters. The molecule has 5 nitrogen and oxygen atoms in total. The molecule has 0 saturated carbocycles. The maximum Gasteiger partial charge on any atom is 0.335 e. The molecule has 21 heavy (non-hydrogen) atoms. The normalized spacial score (nSPS) is 21.5. The largest absolute Gasteiger partial charge is 0.478 e. The first-order valence-corrected chi connectivity index (χ1v) is 7.29. The minimum Gasteiger partial charge on any atom is -0.478 e. The molecule has 1 amide bonds. The average Bonchev–Trinajstić information content (AvgIpc) is 2.91. The lowest BCUT2D eigenvalue weighted by molar-refractivity contribution is -0.126. The van der Waals surface area contributed by atoms with E-state index in [1.54, 1.807) is 0 Å². The van der Waals surface area contributed by atoms with Gasteiger partial charge in [0.15, 0.2) is 0 Å². The Morgan fingerprint density at radius 1 is 1.43 bits per heavy atom. The Hall–Kier alpha value is -1.59. The lowest BCUT2D eigenvalue weighted by Crippen LogP contribution is -2.42. The van der Waals surface area contributed by atoms with Gasteiger partial charge in [0.1, 0.15) is 0 Å². The third-order valence-corrected chi connectivity index (χ3v) is 4.54. The van der Waals surface area contributed by atoms with Gasteiger partial charge >= 0.3 is 5.97 Å². The molecule has 6 heteroatoms. The van der Waals surface area contributed by atoms with Crippen LogP contribution in [0, 0.1) is 11.3 Å². The molecule has 0 aliphatic carbocycles. The Balaban J connectivity index is 2.26. The summed E-state index contributed by atoms with van der Waals surface area (Å²) in [5.41, 5.74) is -0.0472. The van der Waals surface area contributed by atoms with E-state index in [9.17, 15) is 9.59 Å². The van der Waals surface area contributed by atoms with Crippen LogP contribution >= 0.6 is 11.6 Å². The van der Waals surface area contributed by atoms with Crippen molar-refractivity contribution >= 4 is 29.2 Å². The summed E-state index contributed by atoms with van der Waals surface area (Å²) in [4.78, 5) is 23.7. The van der Waals surface area contributed by atoms with Crippen LogP contribution in [0.2, 0.25) is 5.02 Å². The Labute approximate surface area is 128 Å². The second kappa shape index (κ2) is 6.03.